The molecule has 1 atom stereocenters. The van der Waals surface area contributed by atoms with Crippen molar-refractivity contribution in [1.29, 1.82) is 0 Å². The highest BCUT2D eigenvalue weighted by Gasteiger charge is 2.27. The number of benzene rings is 2. The van der Waals surface area contributed by atoms with E-state index in [-0.39, 0.29) is 5.50 Å². The van der Waals surface area contributed by atoms with Crippen LogP contribution in [-0.4, -0.2) is 23.5 Å². The zero-order valence-electron chi connectivity index (χ0n) is 14.3. The Kier molecular flexibility index (Phi) is 3.62. The molecule has 1 aliphatic rings. The van der Waals surface area contributed by atoms with Crippen molar-refractivity contribution in [1.82, 2.24) is 9.88 Å². The van der Waals surface area contributed by atoms with Crippen molar-refractivity contribution in [3.63, 3.8) is 0 Å². The van der Waals surface area contributed by atoms with Gasteiger partial charge in [-0.1, -0.05) is 24.3 Å². The Morgan fingerprint density at radius 1 is 1.08 bits per heavy atom. The van der Waals surface area contributed by atoms with Crippen LogP contribution < -0.4 is 0 Å². The summed E-state index contributed by atoms with van der Waals surface area (Å²) in [5, 5.41) is 1.13. The van der Waals surface area contributed by atoms with Gasteiger partial charge in [0, 0.05) is 23.6 Å². The Balaban J connectivity index is 1.63. The molecule has 5 rings (SSSR count). The first-order valence-corrected chi connectivity index (χ1v) is 9.06. The number of hydrogen-bond donors (Lipinski definition) is 0. The van der Waals surface area contributed by atoms with Crippen molar-refractivity contribution in [2.75, 3.05) is 13.6 Å². The highest BCUT2D eigenvalue weighted by atomic mass is 35.5. The van der Waals surface area contributed by atoms with Crippen LogP contribution in [0.1, 0.15) is 28.3 Å². The van der Waals surface area contributed by atoms with E-state index in [4.69, 9.17) is 20.4 Å². The number of aromatic nitrogens is 1. The van der Waals surface area contributed by atoms with Gasteiger partial charge in [-0.3, -0.25) is 4.90 Å². The van der Waals surface area contributed by atoms with Gasteiger partial charge in [-0.2, -0.15) is 0 Å². The lowest BCUT2D eigenvalue weighted by molar-refractivity contribution is 0.320. The van der Waals surface area contributed by atoms with Gasteiger partial charge in [-0.15, -0.1) is 11.6 Å². The van der Waals surface area contributed by atoms with Gasteiger partial charge in [0.15, 0.2) is 5.58 Å². The topological polar surface area (TPSA) is 42.4 Å². The van der Waals surface area contributed by atoms with Crippen molar-refractivity contribution in [3.8, 4) is 0 Å². The molecule has 1 unspecified atom stereocenters. The third kappa shape index (κ3) is 2.45. The summed E-state index contributed by atoms with van der Waals surface area (Å²) in [7, 11) is 2.04. The van der Waals surface area contributed by atoms with E-state index in [0.29, 0.717) is 5.89 Å². The zero-order valence-corrected chi connectivity index (χ0v) is 15.0. The first-order chi connectivity index (χ1) is 12.7. The average molecular weight is 365 g/mol. The lowest BCUT2D eigenvalue weighted by Crippen LogP contribution is -2.21. The molecule has 0 N–H and O–H groups in total. The molecule has 130 valence electrons. The summed E-state index contributed by atoms with van der Waals surface area (Å²) in [6, 6.07) is 13.9. The molecule has 0 amide bonds. The Hall–Kier alpha value is -2.56. The molecule has 3 heterocycles. The fourth-order valence-electron chi connectivity index (χ4n) is 3.57. The molecule has 2 aromatic heterocycles. The monoisotopic (exact) mass is 364 g/mol. The summed E-state index contributed by atoms with van der Waals surface area (Å²) < 4.78 is 11.9. The van der Waals surface area contributed by atoms with Crippen LogP contribution >= 0.6 is 11.6 Å². The van der Waals surface area contributed by atoms with Crippen molar-refractivity contribution in [2.24, 2.45) is 0 Å². The van der Waals surface area contributed by atoms with Crippen LogP contribution in [0.5, 0.6) is 0 Å². The Morgan fingerprint density at radius 3 is 2.81 bits per heavy atom. The molecular weight excluding hydrogens is 348 g/mol. The second-order valence-electron chi connectivity index (χ2n) is 6.59. The second-order valence-corrected chi connectivity index (χ2v) is 7.00. The normalized spacial score (nSPS) is 18.2. The van der Waals surface area contributed by atoms with Crippen LogP contribution in [0.4, 0.5) is 0 Å². The predicted octanol–water partition coefficient (Wildman–Crippen LogP) is 5.47. The van der Waals surface area contributed by atoms with Crippen molar-refractivity contribution in [3.05, 3.63) is 65.2 Å². The number of halogens is 1. The van der Waals surface area contributed by atoms with Crippen LogP contribution in [0.25, 0.3) is 34.2 Å². The molecule has 0 saturated carbocycles. The van der Waals surface area contributed by atoms with Gasteiger partial charge in [-0.05, 0) is 43.3 Å². The van der Waals surface area contributed by atoms with Crippen molar-refractivity contribution >= 4 is 45.8 Å². The minimum Gasteiger partial charge on any atom is -0.456 e. The lowest BCUT2D eigenvalue weighted by atomic mass is 10.0. The minimum atomic E-state index is -0.233. The average Bonchev–Trinajstić information content (AvgIpc) is 3.21. The number of fused-ring (bicyclic) bond motifs is 1. The number of nitrogens with zero attached hydrogens (tertiary/aromatic N) is 2. The molecule has 0 aliphatic carbocycles. The van der Waals surface area contributed by atoms with Gasteiger partial charge < -0.3 is 8.83 Å². The molecule has 0 radical (unpaired) electrons. The molecule has 0 fully saturated rings. The summed E-state index contributed by atoms with van der Waals surface area (Å²) >= 11 is 6.75. The smallest absolute Gasteiger partial charge is 0.220 e. The van der Waals surface area contributed by atoms with Gasteiger partial charge >= 0.3 is 0 Å². The van der Waals surface area contributed by atoms with Gasteiger partial charge in [-0.25, -0.2) is 4.98 Å². The lowest BCUT2D eigenvalue weighted by Gasteiger charge is -2.20. The Labute approximate surface area is 155 Å². The van der Waals surface area contributed by atoms with Crippen molar-refractivity contribution in [2.45, 2.75) is 11.9 Å². The SMILES string of the molecule is CN1CCc2cccc3oc(/C=C/c4nc5ccccc5o4)c(c23)C1Cl. The second kappa shape index (κ2) is 6.01. The molecule has 1 aliphatic heterocycles. The standard InChI is InChI=1S/C21H17ClN2O2/c1-24-12-11-13-5-4-8-16-19(13)20(21(24)22)17(25-16)9-10-18-23-14-6-2-3-7-15(14)26-18/h2-10,21H,11-12H2,1H3/b10-9+. The minimum absolute atomic E-state index is 0.233. The van der Waals surface area contributed by atoms with Gasteiger partial charge in [0.2, 0.25) is 5.89 Å². The molecular formula is C21H17ClN2O2. The number of para-hydroxylation sites is 2. The summed E-state index contributed by atoms with van der Waals surface area (Å²) in [5.74, 6) is 1.30. The number of oxazole rings is 1. The molecule has 0 bridgehead atoms. The molecule has 4 nitrogen and oxygen atoms in total. The molecule has 26 heavy (non-hydrogen) atoms. The first-order valence-electron chi connectivity index (χ1n) is 8.63. The Bertz CT molecular complexity index is 1110. The highest BCUT2D eigenvalue weighted by molar-refractivity contribution is 6.22. The maximum atomic E-state index is 6.75. The van der Waals surface area contributed by atoms with Crippen LogP contribution in [0.3, 0.4) is 0 Å². The molecule has 2 aromatic carbocycles. The largest absolute Gasteiger partial charge is 0.456 e. The van der Waals surface area contributed by atoms with Gasteiger partial charge in [0.1, 0.15) is 22.4 Å². The van der Waals surface area contributed by atoms with E-state index in [1.807, 2.05) is 55.6 Å². The third-order valence-corrected chi connectivity index (χ3v) is 5.47. The predicted molar refractivity (Wildman–Crippen MR) is 104 cm³/mol. The molecule has 4 aromatic rings. The quantitative estimate of drug-likeness (QED) is 0.349. The van der Waals surface area contributed by atoms with E-state index in [0.717, 1.165) is 46.4 Å². The summed E-state index contributed by atoms with van der Waals surface area (Å²) in [6.07, 6.45) is 4.69. The van der Waals surface area contributed by atoms with E-state index in [2.05, 4.69) is 16.0 Å². The summed E-state index contributed by atoms with van der Waals surface area (Å²) in [4.78, 5) is 6.62. The van der Waals surface area contributed by atoms with E-state index < -0.39 is 0 Å². The maximum Gasteiger partial charge on any atom is 0.220 e. The number of rotatable bonds is 2. The van der Waals surface area contributed by atoms with Crippen LogP contribution in [0.2, 0.25) is 0 Å². The Morgan fingerprint density at radius 2 is 1.92 bits per heavy atom. The number of likely N-dealkylation sites (N-methyl/N-ethyl adjacent to an activating group) is 1. The number of furan rings is 1. The van der Waals surface area contributed by atoms with Crippen LogP contribution in [0, 0.1) is 0 Å². The van der Waals surface area contributed by atoms with Gasteiger partial charge in [0.25, 0.3) is 0 Å². The number of hydrogen-bond acceptors (Lipinski definition) is 4. The van der Waals surface area contributed by atoms with Crippen LogP contribution in [-0.2, 0) is 6.42 Å². The first kappa shape index (κ1) is 15.7. The maximum absolute atomic E-state index is 6.75. The summed E-state index contributed by atoms with van der Waals surface area (Å²) in [5.41, 5.74) is 4.54. The van der Waals surface area contributed by atoms with E-state index in [1.54, 1.807) is 0 Å². The molecule has 0 saturated heterocycles. The van der Waals surface area contributed by atoms with Crippen molar-refractivity contribution < 1.29 is 8.83 Å². The number of alkyl halides is 1. The summed E-state index contributed by atoms with van der Waals surface area (Å²) in [6.45, 7) is 0.913. The fraction of sp³-hybridized carbons (Fsp3) is 0.190. The zero-order chi connectivity index (χ0) is 17.7. The molecule has 5 heteroatoms. The highest BCUT2D eigenvalue weighted by Crippen LogP contribution is 2.40. The fourth-order valence-corrected chi connectivity index (χ4v) is 3.89. The third-order valence-electron chi connectivity index (χ3n) is 4.91. The van der Waals surface area contributed by atoms with E-state index in [1.165, 1.54) is 5.56 Å². The van der Waals surface area contributed by atoms with Crippen LogP contribution in [0.15, 0.2) is 51.3 Å². The molecule has 0 spiro atoms. The van der Waals surface area contributed by atoms with E-state index >= 15 is 0 Å². The van der Waals surface area contributed by atoms with Gasteiger partial charge in [0.05, 0.1) is 0 Å². The van der Waals surface area contributed by atoms with E-state index in [9.17, 15) is 0 Å².